The molecule has 0 saturated heterocycles. The van der Waals surface area contributed by atoms with Crippen LogP contribution >= 0.6 is 0 Å². The van der Waals surface area contributed by atoms with Crippen LogP contribution in [0.2, 0.25) is 0 Å². The summed E-state index contributed by atoms with van der Waals surface area (Å²) in [4.78, 5) is 12.9. The summed E-state index contributed by atoms with van der Waals surface area (Å²) in [7, 11) is 1.64. The molecule has 1 aromatic rings. The second-order valence-corrected chi connectivity index (χ2v) is 3.42. The molecule has 90 valence electrons. The molecule has 0 bridgehead atoms. The second-order valence-electron chi connectivity index (χ2n) is 3.42. The van der Waals surface area contributed by atoms with Gasteiger partial charge in [-0.05, 0) is 19.1 Å². The van der Waals surface area contributed by atoms with Crippen molar-refractivity contribution in [2.24, 2.45) is 0 Å². The maximum atomic E-state index is 13.2. The molecule has 5 heteroatoms. The molecule has 0 radical (unpaired) electrons. The third kappa shape index (κ3) is 3.18. The molecule has 1 aromatic carbocycles. The number of nitriles is 1. The van der Waals surface area contributed by atoms with E-state index in [0.29, 0.717) is 6.54 Å². The number of nitrogens with zero attached hydrogens (tertiary/aromatic N) is 2. The first-order chi connectivity index (χ1) is 8.10. The van der Waals surface area contributed by atoms with Crippen LogP contribution in [0.5, 0.6) is 5.75 Å². The number of likely N-dealkylation sites (N-methyl/N-ethyl adjacent to an activating group) is 1. The summed E-state index contributed by atoms with van der Waals surface area (Å²) in [5, 5.41) is 8.75. The van der Waals surface area contributed by atoms with Crippen molar-refractivity contribution in [3.63, 3.8) is 0 Å². The average Bonchev–Trinajstić information content (AvgIpc) is 2.34. The number of amides is 1. The van der Waals surface area contributed by atoms with E-state index in [2.05, 4.69) is 0 Å². The van der Waals surface area contributed by atoms with Gasteiger partial charge in [0.15, 0.2) is 6.61 Å². The largest absolute Gasteiger partial charge is 0.482 e. The maximum absolute atomic E-state index is 13.2. The van der Waals surface area contributed by atoms with E-state index in [0.717, 1.165) is 0 Å². The van der Waals surface area contributed by atoms with E-state index in [1.54, 1.807) is 13.1 Å². The SMILES string of the molecule is CCN(C)C(=O)COc1cccc(F)c1C#N. The highest BCUT2D eigenvalue weighted by atomic mass is 19.1. The van der Waals surface area contributed by atoms with Gasteiger partial charge in [-0.3, -0.25) is 4.79 Å². The first-order valence-corrected chi connectivity index (χ1v) is 5.15. The van der Waals surface area contributed by atoms with Gasteiger partial charge in [0.1, 0.15) is 23.2 Å². The molecule has 0 spiro atoms. The lowest BCUT2D eigenvalue weighted by Crippen LogP contribution is -2.31. The second kappa shape index (κ2) is 5.85. The standard InChI is InChI=1S/C12H13FN2O2/c1-3-15(2)12(16)8-17-11-6-4-5-10(13)9(11)7-14/h4-6H,3,8H2,1-2H3. The lowest BCUT2D eigenvalue weighted by atomic mass is 10.2. The molecule has 0 aliphatic rings. The Morgan fingerprint density at radius 1 is 1.59 bits per heavy atom. The summed E-state index contributed by atoms with van der Waals surface area (Å²) in [5.74, 6) is -0.785. The van der Waals surface area contributed by atoms with Gasteiger partial charge in [0.05, 0.1) is 0 Å². The Hall–Kier alpha value is -2.09. The van der Waals surface area contributed by atoms with Gasteiger partial charge in [-0.1, -0.05) is 6.07 Å². The van der Waals surface area contributed by atoms with Crippen molar-refractivity contribution in [1.29, 1.82) is 5.26 Å². The molecule has 0 unspecified atom stereocenters. The van der Waals surface area contributed by atoms with E-state index in [9.17, 15) is 9.18 Å². The van der Waals surface area contributed by atoms with Crippen LogP contribution in [0.1, 0.15) is 12.5 Å². The summed E-state index contributed by atoms with van der Waals surface area (Å²) < 4.78 is 18.3. The molecule has 0 aliphatic heterocycles. The van der Waals surface area contributed by atoms with Crippen LogP contribution < -0.4 is 4.74 Å². The van der Waals surface area contributed by atoms with E-state index in [1.807, 2.05) is 6.92 Å². The number of hydrogen-bond donors (Lipinski definition) is 0. The molecule has 17 heavy (non-hydrogen) atoms. The molecule has 1 amide bonds. The number of halogens is 1. The highest BCUT2D eigenvalue weighted by Gasteiger charge is 2.12. The van der Waals surface area contributed by atoms with Gasteiger partial charge in [-0.25, -0.2) is 4.39 Å². The lowest BCUT2D eigenvalue weighted by Gasteiger charge is -2.15. The Balaban J connectivity index is 2.74. The van der Waals surface area contributed by atoms with Crippen molar-refractivity contribution in [1.82, 2.24) is 4.90 Å². The van der Waals surface area contributed by atoms with Gasteiger partial charge in [-0.15, -0.1) is 0 Å². The number of carbonyl (C=O) groups excluding carboxylic acids is 1. The summed E-state index contributed by atoms with van der Waals surface area (Å²) >= 11 is 0. The van der Waals surface area contributed by atoms with Crippen LogP contribution in [0.25, 0.3) is 0 Å². The quantitative estimate of drug-likeness (QED) is 0.797. The summed E-state index contributed by atoms with van der Waals surface area (Å²) in [6.07, 6.45) is 0. The van der Waals surface area contributed by atoms with Gasteiger partial charge in [0.25, 0.3) is 5.91 Å². The fourth-order valence-electron chi connectivity index (χ4n) is 1.16. The fourth-order valence-corrected chi connectivity index (χ4v) is 1.16. The fraction of sp³-hybridized carbons (Fsp3) is 0.333. The van der Waals surface area contributed by atoms with Crippen molar-refractivity contribution in [2.75, 3.05) is 20.2 Å². The topological polar surface area (TPSA) is 53.3 Å². The Morgan fingerprint density at radius 3 is 2.88 bits per heavy atom. The molecule has 1 rings (SSSR count). The number of benzene rings is 1. The van der Waals surface area contributed by atoms with Gasteiger partial charge in [0, 0.05) is 13.6 Å². The molecular formula is C12H13FN2O2. The third-order valence-electron chi connectivity index (χ3n) is 2.34. The van der Waals surface area contributed by atoms with Crippen LogP contribution in [0, 0.1) is 17.1 Å². The first kappa shape index (κ1) is 13.0. The maximum Gasteiger partial charge on any atom is 0.260 e. The highest BCUT2D eigenvalue weighted by molar-refractivity contribution is 5.77. The smallest absolute Gasteiger partial charge is 0.260 e. The number of ether oxygens (including phenoxy) is 1. The van der Waals surface area contributed by atoms with Crippen LogP contribution in [0.3, 0.4) is 0 Å². The van der Waals surface area contributed by atoms with Crippen molar-refractivity contribution in [2.45, 2.75) is 6.92 Å². The van der Waals surface area contributed by atoms with Gasteiger partial charge in [-0.2, -0.15) is 5.26 Å². The molecule has 4 nitrogen and oxygen atoms in total. The third-order valence-corrected chi connectivity index (χ3v) is 2.34. The molecule has 0 heterocycles. The van der Waals surface area contributed by atoms with Crippen molar-refractivity contribution in [3.05, 3.63) is 29.6 Å². The average molecular weight is 236 g/mol. The zero-order valence-corrected chi connectivity index (χ0v) is 9.74. The zero-order chi connectivity index (χ0) is 12.8. The zero-order valence-electron chi connectivity index (χ0n) is 9.74. The minimum Gasteiger partial charge on any atom is -0.482 e. The summed E-state index contributed by atoms with van der Waals surface area (Å²) in [5.41, 5.74) is -0.181. The van der Waals surface area contributed by atoms with Crippen LogP contribution in [0.15, 0.2) is 18.2 Å². The minimum atomic E-state index is -0.652. The highest BCUT2D eigenvalue weighted by Crippen LogP contribution is 2.20. The Labute approximate surface area is 99.2 Å². The molecular weight excluding hydrogens is 223 g/mol. The molecule has 0 N–H and O–H groups in total. The molecule has 0 fully saturated rings. The number of carbonyl (C=O) groups is 1. The van der Waals surface area contributed by atoms with Crippen molar-refractivity contribution < 1.29 is 13.9 Å². The van der Waals surface area contributed by atoms with E-state index < -0.39 is 5.82 Å². The predicted octanol–water partition coefficient (Wildman–Crippen LogP) is 1.55. The van der Waals surface area contributed by atoms with Gasteiger partial charge >= 0.3 is 0 Å². The monoisotopic (exact) mass is 236 g/mol. The normalized spacial score (nSPS) is 9.53. The van der Waals surface area contributed by atoms with Crippen LogP contribution in [-0.2, 0) is 4.79 Å². The van der Waals surface area contributed by atoms with Crippen LogP contribution in [0.4, 0.5) is 4.39 Å². The Bertz CT molecular complexity index is 454. The summed E-state index contributed by atoms with van der Waals surface area (Å²) in [6, 6.07) is 5.77. The Kier molecular flexibility index (Phi) is 4.46. The van der Waals surface area contributed by atoms with Gasteiger partial charge in [0.2, 0.25) is 0 Å². The molecule has 0 saturated carbocycles. The van der Waals surface area contributed by atoms with Gasteiger partial charge < -0.3 is 9.64 Å². The first-order valence-electron chi connectivity index (χ1n) is 5.15. The van der Waals surface area contributed by atoms with E-state index >= 15 is 0 Å². The summed E-state index contributed by atoms with van der Waals surface area (Å²) in [6.45, 7) is 2.19. The molecule has 0 aliphatic carbocycles. The predicted molar refractivity (Wildman–Crippen MR) is 59.9 cm³/mol. The molecule has 0 aromatic heterocycles. The molecule has 0 atom stereocenters. The van der Waals surface area contributed by atoms with E-state index in [1.165, 1.54) is 23.1 Å². The van der Waals surface area contributed by atoms with E-state index in [-0.39, 0.29) is 23.8 Å². The number of hydrogen-bond acceptors (Lipinski definition) is 3. The lowest BCUT2D eigenvalue weighted by molar-refractivity contribution is -0.131. The van der Waals surface area contributed by atoms with Crippen molar-refractivity contribution >= 4 is 5.91 Å². The van der Waals surface area contributed by atoms with E-state index in [4.69, 9.17) is 10.00 Å². The van der Waals surface area contributed by atoms with Crippen molar-refractivity contribution in [3.8, 4) is 11.8 Å². The number of rotatable bonds is 4. The van der Waals surface area contributed by atoms with Crippen LogP contribution in [-0.4, -0.2) is 31.0 Å². The Morgan fingerprint density at radius 2 is 2.29 bits per heavy atom. The minimum absolute atomic E-state index is 0.0883.